The van der Waals surface area contributed by atoms with Crippen LogP contribution in [0.25, 0.3) is 0 Å². The van der Waals surface area contributed by atoms with Crippen LogP contribution in [-0.4, -0.2) is 35.7 Å². The van der Waals surface area contributed by atoms with Gasteiger partial charge in [-0.25, -0.2) is 0 Å². The lowest BCUT2D eigenvalue weighted by Crippen LogP contribution is -2.42. The average molecular weight is 379 g/mol. The summed E-state index contributed by atoms with van der Waals surface area (Å²) in [5.74, 6) is -0.897. The minimum atomic E-state index is -0.312. The Kier molecular flexibility index (Phi) is 5.78. The topological polar surface area (TPSA) is 92.5 Å². The van der Waals surface area contributed by atoms with E-state index in [0.717, 1.165) is 11.1 Å². The molecule has 1 aliphatic heterocycles. The number of anilines is 1. The van der Waals surface area contributed by atoms with E-state index in [-0.39, 0.29) is 23.6 Å². The van der Waals surface area contributed by atoms with Gasteiger partial charge in [0, 0.05) is 24.6 Å². The molecule has 0 saturated carbocycles. The van der Waals surface area contributed by atoms with Gasteiger partial charge in [-0.2, -0.15) is 0 Å². The first-order chi connectivity index (χ1) is 13.4. The summed E-state index contributed by atoms with van der Waals surface area (Å²) in [4.78, 5) is 38.7. The van der Waals surface area contributed by atoms with Crippen molar-refractivity contribution in [2.45, 2.75) is 26.7 Å². The van der Waals surface area contributed by atoms with Gasteiger partial charge in [0.15, 0.2) is 0 Å². The number of amides is 3. The summed E-state index contributed by atoms with van der Waals surface area (Å²) in [7, 11) is 0. The molecule has 0 unspecified atom stereocenters. The molecule has 0 atom stereocenters. The van der Waals surface area contributed by atoms with E-state index < -0.39 is 0 Å². The second-order valence-electron chi connectivity index (χ2n) is 7.27. The Bertz CT molecular complexity index is 915. The lowest BCUT2D eigenvalue weighted by molar-refractivity contribution is -0.123. The molecule has 0 bridgehead atoms. The summed E-state index contributed by atoms with van der Waals surface area (Å²) in [6.45, 7) is 4.91. The monoisotopic (exact) mass is 379 g/mol. The molecule has 1 heterocycles. The van der Waals surface area contributed by atoms with Crippen molar-refractivity contribution in [2.75, 3.05) is 18.4 Å². The van der Waals surface area contributed by atoms with Gasteiger partial charge < -0.3 is 16.0 Å². The van der Waals surface area contributed by atoms with Crippen LogP contribution in [0, 0.1) is 19.8 Å². The number of primary amides is 1. The van der Waals surface area contributed by atoms with E-state index in [1.165, 1.54) is 0 Å². The number of nitrogens with two attached hydrogens (primary N) is 1. The number of nitrogens with one attached hydrogen (secondary N) is 1. The summed E-state index contributed by atoms with van der Waals surface area (Å²) in [5.41, 5.74) is 8.99. The maximum absolute atomic E-state index is 13.0. The number of carbonyl (C=O) groups is 3. The second-order valence-corrected chi connectivity index (χ2v) is 7.27. The highest BCUT2D eigenvalue weighted by molar-refractivity contribution is 6.09. The van der Waals surface area contributed by atoms with E-state index >= 15 is 0 Å². The minimum Gasteiger partial charge on any atom is -0.369 e. The molecule has 6 nitrogen and oxygen atoms in total. The minimum absolute atomic E-state index is 0.154. The lowest BCUT2D eigenvalue weighted by Gasteiger charge is -2.31. The van der Waals surface area contributed by atoms with Crippen LogP contribution in [0.1, 0.15) is 44.7 Å². The molecule has 0 radical (unpaired) electrons. The number of aryl methyl sites for hydroxylation is 2. The number of hydrogen-bond acceptors (Lipinski definition) is 3. The average Bonchev–Trinajstić information content (AvgIpc) is 2.70. The zero-order valence-electron chi connectivity index (χ0n) is 16.2. The van der Waals surface area contributed by atoms with Crippen LogP contribution >= 0.6 is 0 Å². The molecule has 1 aliphatic rings. The largest absolute Gasteiger partial charge is 0.369 e. The summed E-state index contributed by atoms with van der Waals surface area (Å²) in [6, 6.07) is 12.5. The normalized spacial score (nSPS) is 14.6. The van der Waals surface area contributed by atoms with Gasteiger partial charge >= 0.3 is 0 Å². The van der Waals surface area contributed by atoms with Gasteiger partial charge in [0.2, 0.25) is 5.91 Å². The fraction of sp³-hybridized carbons (Fsp3) is 0.318. The fourth-order valence-electron chi connectivity index (χ4n) is 3.39. The van der Waals surface area contributed by atoms with Crippen LogP contribution in [0.15, 0.2) is 42.5 Å². The van der Waals surface area contributed by atoms with E-state index in [2.05, 4.69) is 5.32 Å². The van der Waals surface area contributed by atoms with Crippen molar-refractivity contribution < 1.29 is 14.4 Å². The quantitative estimate of drug-likeness (QED) is 0.855. The first-order valence-electron chi connectivity index (χ1n) is 9.43. The van der Waals surface area contributed by atoms with Crippen LogP contribution in [0.5, 0.6) is 0 Å². The number of piperidine rings is 1. The second kappa shape index (κ2) is 8.25. The third kappa shape index (κ3) is 4.22. The van der Waals surface area contributed by atoms with Gasteiger partial charge in [-0.1, -0.05) is 18.2 Å². The molecule has 1 saturated heterocycles. The molecule has 28 heavy (non-hydrogen) atoms. The van der Waals surface area contributed by atoms with E-state index in [9.17, 15) is 14.4 Å². The Morgan fingerprint density at radius 2 is 1.68 bits per heavy atom. The van der Waals surface area contributed by atoms with Crippen LogP contribution < -0.4 is 11.1 Å². The Morgan fingerprint density at radius 3 is 2.32 bits per heavy atom. The van der Waals surface area contributed by atoms with Crippen LogP contribution in [0.4, 0.5) is 5.69 Å². The zero-order valence-corrected chi connectivity index (χ0v) is 16.2. The van der Waals surface area contributed by atoms with Crippen molar-refractivity contribution in [3.05, 3.63) is 64.7 Å². The Hall–Kier alpha value is -3.15. The van der Waals surface area contributed by atoms with Gasteiger partial charge in [0.05, 0.1) is 11.3 Å². The van der Waals surface area contributed by atoms with Crippen molar-refractivity contribution in [3.8, 4) is 0 Å². The standard InChI is InChI=1S/C22H25N3O3/c1-14-7-8-17(13-15(14)2)21(27)24-19-6-4-3-5-18(19)22(28)25-11-9-16(10-12-25)20(23)26/h3-8,13,16H,9-12H2,1-2H3,(H2,23,26)(H,24,27). The van der Waals surface area contributed by atoms with E-state index in [1.54, 1.807) is 35.2 Å². The van der Waals surface area contributed by atoms with Crippen molar-refractivity contribution >= 4 is 23.4 Å². The van der Waals surface area contributed by atoms with Crippen LogP contribution in [-0.2, 0) is 4.79 Å². The third-order valence-electron chi connectivity index (χ3n) is 5.36. The number of para-hydroxylation sites is 1. The molecule has 2 aromatic rings. The lowest BCUT2D eigenvalue weighted by atomic mass is 9.95. The number of rotatable bonds is 4. The summed E-state index contributed by atoms with van der Waals surface area (Å²) in [6.07, 6.45) is 1.14. The molecule has 2 aromatic carbocycles. The smallest absolute Gasteiger partial charge is 0.255 e. The zero-order chi connectivity index (χ0) is 20.3. The number of benzene rings is 2. The summed E-state index contributed by atoms with van der Waals surface area (Å²) >= 11 is 0. The van der Waals surface area contributed by atoms with Crippen molar-refractivity contribution in [1.29, 1.82) is 0 Å². The predicted octanol–water partition coefficient (Wildman–Crippen LogP) is 2.89. The fourth-order valence-corrected chi connectivity index (χ4v) is 3.39. The van der Waals surface area contributed by atoms with Crippen molar-refractivity contribution in [3.63, 3.8) is 0 Å². The van der Waals surface area contributed by atoms with Gasteiger partial charge in [0.25, 0.3) is 11.8 Å². The van der Waals surface area contributed by atoms with Crippen LogP contribution in [0.2, 0.25) is 0 Å². The molecule has 3 rings (SSSR count). The van der Waals surface area contributed by atoms with E-state index in [1.807, 2.05) is 26.0 Å². The Morgan fingerprint density at radius 1 is 1.00 bits per heavy atom. The highest BCUT2D eigenvalue weighted by atomic mass is 16.2. The summed E-state index contributed by atoms with van der Waals surface area (Å²) in [5, 5.41) is 2.86. The first kappa shape index (κ1) is 19.6. The molecule has 0 aromatic heterocycles. The molecule has 0 aliphatic carbocycles. The van der Waals surface area contributed by atoms with Gasteiger partial charge in [0.1, 0.15) is 0 Å². The van der Waals surface area contributed by atoms with Crippen molar-refractivity contribution in [2.24, 2.45) is 11.7 Å². The molecule has 146 valence electrons. The van der Waals surface area contributed by atoms with Gasteiger partial charge in [-0.3, -0.25) is 14.4 Å². The van der Waals surface area contributed by atoms with E-state index in [0.29, 0.717) is 42.7 Å². The Labute approximate surface area is 164 Å². The summed E-state index contributed by atoms with van der Waals surface area (Å²) < 4.78 is 0. The Balaban J connectivity index is 1.75. The number of likely N-dealkylation sites (tertiary alicyclic amines) is 1. The molecule has 3 N–H and O–H groups in total. The highest BCUT2D eigenvalue weighted by Crippen LogP contribution is 2.23. The predicted molar refractivity (Wildman–Crippen MR) is 108 cm³/mol. The van der Waals surface area contributed by atoms with Gasteiger partial charge in [-0.05, 0) is 62.1 Å². The number of hydrogen-bond donors (Lipinski definition) is 2. The third-order valence-corrected chi connectivity index (χ3v) is 5.36. The maximum atomic E-state index is 13.0. The maximum Gasteiger partial charge on any atom is 0.255 e. The molecular formula is C22H25N3O3. The van der Waals surface area contributed by atoms with E-state index in [4.69, 9.17) is 5.73 Å². The molecule has 6 heteroatoms. The molecular weight excluding hydrogens is 354 g/mol. The highest BCUT2D eigenvalue weighted by Gasteiger charge is 2.27. The molecule has 1 fully saturated rings. The SMILES string of the molecule is Cc1ccc(C(=O)Nc2ccccc2C(=O)N2CCC(C(N)=O)CC2)cc1C. The van der Waals surface area contributed by atoms with Crippen LogP contribution in [0.3, 0.4) is 0 Å². The molecule has 3 amide bonds. The number of carbonyl (C=O) groups excluding carboxylic acids is 3. The molecule has 0 spiro atoms. The number of nitrogens with zero attached hydrogens (tertiary/aromatic N) is 1. The first-order valence-corrected chi connectivity index (χ1v) is 9.43. The van der Waals surface area contributed by atoms with Crippen molar-refractivity contribution in [1.82, 2.24) is 4.90 Å². The van der Waals surface area contributed by atoms with Gasteiger partial charge in [-0.15, -0.1) is 0 Å².